The Kier molecular flexibility index (Phi) is 3.60. The van der Waals surface area contributed by atoms with Gasteiger partial charge in [0.15, 0.2) is 5.69 Å². The Bertz CT molecular complexity index is 867. The number of H-pyrrole nitrogens is 1. The molecule has 114 valence electrons. The second-order valence-corrected chi connectivity index (χ2v) is 4.84. The first-order valence-corrected chi connectivity index (χ1v) is 6.71. The van der Waals surface area contributed by atoms with Gasteiger partial charge in [-0.25, -0.2) is 4.79 Å². The molecule has 0 fully saturated rings. The molecule has 7 heteroatoms. The number of carboxylic acids is 1. The summed E-state index contributed by atoms with van der Waals surface area (Å²) >= 11 is 0. The highest BCUT2D eigenvalue weighted by Crippen LogP contribution is 2.25. The molecule has 1 heterocycles. The Morgan fingerprint density at radius 2 is 1.39 bits per heavy atom. The number of hydrogen-bond acceptors (Lipinski definition) is 4. The molecule has 3 rings (SSSR count). The first-order chi connectivity index (χ1) is 11.1. The SMILES string of the molecule is NC(=O)c1ccc(-c2ccc(-c3n[nH]nc3C(=O)O)cc2)cc1. The molecule has 0 aliphatic carbocycles. The molecular formula is C16H12N4O3. The molecule has 7 nitrogen and oxygen atoms in total. The van der Waals surface area contributed by atoms with E-state index in [1.165, 1.54) is 0 Å². The molecule has 0 saturated heterocycles. The fraction of sp³-hybridized carbons (Fsp3) is 0. The maximum atomic E-state index is 11.1. The monoisotopic (exact) mass is 308 g/mol. The number of carbonyl (C=O) groups is 2. The molecule has 4 N–H and O–H groups in total. The van der Waals surface area contributed by atoms with Crippen molar-refractivity contribution in [3.8, 4) is 22.4 Å². The summed E-state index contributed by atoms with van der Waals surface area (Å²) in [5, 5.41) is 18.9. The van der Waals surface area contributed by atoms with Crippen LogP contribution in [0.15, 0.2) is 48.5 Å². The second kappa shape index (κ2) is 5.72. The van der Waals surface area contributed by atoms with Gasteiger partial charge in [0.05, 0.1) is 0 Å². The molecule has 23 heavy (non-hydrogen) atoms. The second-order valence-electron chi connectivity index (χ2n) is 4.84. The van der Waals surface area contributed by atoms with Crippen molar-refractivity contribution in [2.75, 3.05) is 0 Å². The van der Waals surface area contributed by atoms with Crippen LogP contribution in [-0.2, 0) is 0 Å². The lowest BCUT2D eigenvalue weighted by molar-refractivity contribution is 0.0691. The highest BCUT2D eigenvalue weighted by Gasteiger charge is 2.16. The standard InChI is InChI=1S/C16H12N4O3/c17-15(21)12-7-3-10(4-8-12)9-1-5-11(6-2-9)13-14(16(22)23)19-20-18-13/h1-8H,(H2,17,21)(H,22,23)(H,18,19,20). The summed E-state index contributed by atoms with van der Waals surface area (Å²) in [7, 11) is 0. The van der Waals surface area contributed by atoms with Gasteiger partial charge in [-0.3, -0.25) is 4.79 Å². The van der Waals surface area contributed by atoms with Crippen LogP contribution in [0.1, 0.15) is 20.8 Å². The van der Waals surface area contributed by atoms with Crippen molar-refractivity contribution in [1.82, 2.24) is 15.4 Å². The van der Waals surface area contributed by atoms with E-state index < -0.39 is 11.9 Å². The van der Waals surface area contributed by atoms with Gasteiger partial charge >= 0.3 is 5.97 Å². The molecule has 0 aliphatic heterocycles. The Morgan fingerprint density at radius 3 is 1.91 bits per heavy atom. The summed E-state index contributed by atoms with van der Waals surface area (Å²) in [6.07, 6.45) is 0. The third-order valence-electron chi connectivity index (χ3n) is 3.41. The Morgan fingerprint density at radius 1 is 0.870 bits per heavy atom. The molecule has 0 unspecified atom stereocenters. The zero-order valence-electron chi connectivity index (χ0n) is 11.9. The number of aromatic nitrogens is 3. The molecule has 3 aromatic rings. The van der Waals surface area contributed by atoms with E-state index >= 15 is 0 Å². The van der Waals surface area contributed by atoms with E-state index in [1.54, 1.807) is 36.4 Å². The largest absolute Gasteiger partial charge is 0.476 e. The van der Waals surface area contributed by atoms with E-state index in [-0.39, 0.29) is 11.4 Å². The third-order valence-corrected chi connectivity index (χ3v) is 3.41. The number of carbonyl (C=O) groups excluding carboxylic acids is 1. The number of rotatable bonds is 4. The molecule has 2 aromatic carbocycles. The lowest BCUT2D eigenvalue weighted by atomic mass is 10.0. The van der Waals surface area contributed by atoms with Crippen molar-refractivity contribution in [3.63, 3.8) is 0 Å². The molecule has 1 aromatic heterocycles. The first-order valence-electron chi connectivity index (χ1n) is 6.71. The van der Waals surface area contributed by atoms with Crippen molar-refractivity contribution in [3.05, 3.63) is 59.8 Å². The van der Waals surface area contributed by atoms with Crippen LogP contribution in [0.25, 0.3) is 22.4 Å². The summed E-state index contributed by atoms with van der Waals surface area (Å²) in [5.41, 5.74) is 8.30. The minimum atomic E-state index is -1.14. The third kappa shape index (κ3) is 2.80. The van der Waals surface area contributed by atoms with Gasteiger partial charge in [0.25, 0.3) is 0 Å². The van der Waals surface area contributed by atoms with Crippen molar-refractivity contribution >= 4 is 11.9 Å². The highest BCUT2D eigenvalue weighted by molar-refractivity contribution is 5.93. The average molecular weight is 308 g/mol. The molecule has 0 aliphatic rings. The van der Waals surface area contributed by atoms with Crippen molar-refractivity contribution in [1.29, 1.82) is 0 Å². The van der Waals surface area contributed by atoms with E-state index in [0.29, 0.717) is 11.1 Å². The number of amides is 1. The van der Waals surface area contributed by atoms with E-state index in [2.05, 4.69) is 15.4 Å². The lowest BCUT2D eigenvalue weighted by Gasteiger charge is -2.04. The fourth-order valence-electron chi connectivity index (χ4n) is 2.23. The summed E-state index contributed by atoms with van der Waals surface area (Å²) in [5.74, 6) is -1.61. The van der Waals surface area contributed by atoms with Crippen LogP contribution in [0.2, 0.25) is 0 Å². The molecule has 0 bridgehead atoms. The topological polar surface area (TPSA) is 122 Å². The van der Waals surface area contributed by atoms with Gasteiger partial charge in [0.2, 0.25) is 5.91 Å². The zero-order valence-corrected chi connectivity index (χ0v) is 11.9. The van der Waals surface area contributed by atoms with E-state index in [1.807, 2.05) is 12.1 Å². The molecule has 1 amide bonds. The van der Waals surface area contributed by atoms with Gasteiger partial charge in [-0.2, -0.15) is 10.3 Å². The van der Waals surface area contributed by atoms with Gasteiger partial charge in [-0.15, -0.1) is 5.10 Å². The Hall–Kier alpha value is -3.48. The van der Waals surface area contributed by atoms with Gasteiger partial charge < -0.3 is 10.8 Å². The van der Waals surface area contributed by atoms with Crippen LogP contribution in [-0.4, -0.2) is 32.4 Å². The number of nitrogens with one attached hydrogen (secondary N) is 1. The van der Waals surface area contributed by atoms with Crippen molar-refractivity contribution in [2.45, 2.75) is 0 Å². The number of aromatic carboxylic acids is 1. The van der Waals surface area contributed by atoms with Crippen LogP contribution in [0.4, 0.5) is 0 Å². The Labute approximate surface area is 130 Å². The number of aromatic amines is 1. The van der Waals surface area contributed by atoms with Crippen LogP contribution < -0.4 is 5.73 Å². The van der Waals surface area contributed by atoms with Gasteiger partial charge in [-0.1, -0.05) is 36.4 Å². The van der Waals surface area contributed by atoms with Gasteiger partial charge in [0, 0.05) is 11.1 Å². The van der Waals surface area contributed by atoms with Crippen LogP contribution in [0, 0.1) is 0 Å². The normalized spacial score (nSPS) is 10.4. The predicted molar refractivity (Wildman–Crippen MR) is 82.7 cm³/mol. The average Bonchev–Trinajstić information content (AvgIpc) is 3.05. The van der Waals surface area contributed by atoms with Crippen molar-refractivity contribution < 1.29 is 14.7 Å². The van der Waals surface area contributed by atoms with E-state index in [4.69, 9.17) is 10.8 Å². The molecular weight excluding hydrogens is 296 g/mol. The fourth-order valence-corrected chi connectivity index (χ4v) is 2.23. The number of nitrogens with two attached hydrogens (primary N) is 1. The van der Waals surface area contributed by atoms with Gasteiger partial charge in [-0.05, 0) is 23.3 Å². The quantitative estimate of drug-likeness (QED) is 0.679. The minimum Gasteiger partial charge on any atom is -0.476 e. The maximum Gasteiger partial charge on any atom is 0.358 e. The predicted octanol–water partition coefficient (Wildman–Crippen LogP) is 1.94. The first kappa shape index (κ1) is 14.5. The van der Waals surface area contributed by atoms with Crippen LogP contribution >= 0.6 is 0 Å². The summed E-state index contributed by atoms with van der Waals surface area (Å²) < 4.78 is 0. The highest BCUT2D eigenvalue weighted by atomic mass is 16.4. The smallest absolute Gasteiger partial charge is 0.358 e. The molecule has 0 saturated carbocycles. The molecule has 0 radical (unpaired) electrons. The maximum absolute atomic E-state index is 11.1. The number of primary amides is 1. The summed E-state index contributed by atoms with van der Waals surface area (Å²) in [6, 6.07) is 14.1. The number of nitrogens with zero attached hydrogens (tertiary/aromatic N) is 2. The number of carboxylic acid groups (broad SMARTS) is 1. The molecule has 0 spiro atoms. The minimum absolute atomic E-state index is 0.122. The summed E-state index contributed by atoms with van der Waals surface area (Å²) in [6.45, 7) is 0. The molecule has 0 atom stereocenters. The number of benzene rings is 2. The Balaban J connectivity index is 1.91. The van der Waals surface area contributed by atoms with E-state index in [0.717, 1.165) is 11.1 Å². The van der Waals surface area contributed by atoms with Crippen molar-refractivity contribution in [2.24, 2.45) is 5.73 Å². The zero-order chi connectivity index (χ0) is 16.4. The van der Waals surface area contributed by atoms with E-state index in [9.17, 15) is 9.59 Å². The van der Waals surface area contributed by atoms with Gasteiger partial charge in [0.1, 0.15) is 5.69 Å². The summed E-state index contributed by atoms with van der Waals surface area (Å²) in [4.78, 5) is 22.1. The van der Waals surface area contributed by atoms with Crippen LogP contribution in [0.3, 0.4) is 0 Å². The number of hydrogen-bond donors (Lipinski definition) is 3. The lowest BCUT2D eigenvalue weighted by Crippen LogP contribution is -2.10. The van der Waals surface area contributed by atoms with Crippen LogP contribution in [0.5, 0.6) is 0 Å².